The summed E-state index contributed by atoms with van der Waals surface area (Å²) in [6, 6.07) is 7.72. The van der Waals surface area contributed by atoms with Crippen molar-refractivity contribution in [2.45, 2.75) is 32.4 Å². The first-order chi connectivity index (χ1) is 12.1. The number of carbonyl (C=O) groups excluding carboxylic acids is 1. The third-order valence-corrected chi connectivity index (χ3v) is 5.77. The maximum Gasteiger partial charge on any atom is 0.265 e. The van der Waals surface area contributed by atoms with Gasteiger partial charge in [-0.05, 0) is 51.1 Å². The summed E-state index contributed by atoms with van der Waals surface area (Å²) in [5, 5.41) is 4.76. The van der Waals surface area contributed by atoms with E-state index in [1.165, 1.54) is 11.3 Å². The predicted octanol–water partition coefficient (Wildman–Crippen LogP) is 3.51. The zero-order chi connectivity index (χ0) is 17.8. The number of likely N-dealkylation sites (tertiary alicyclic amines) is 1. The maximum atomic E-state index is 12.8. The van der Waals surface area contributed by atoms with Crippen LogP contribution in [0.25, 0.3) is 0 Å². The molecule has 0 aliphatic carbocycles. The van der Waals surface area contributed by atoms with E-state index in [1.807, 2.05) is 31.0 Å². The molecule has 0 radical (unpaired) electrons. The van der Waals surface area contributed by atoms with Crippen LogP contribution in [0.15, 0.2) is 24.3 Å². The fraction of sp³-hybridized carbons (Fsp3) is 0.444. The molecule has 1 fully saturated rings. The van der Waals surface area contributed by atoms with E-state index in [2.05, 4.69) is 10.3 Å². The summed E-state index contributed by atoms with van der Waals surface area (Å²) < 4.78 is 5.73. The molecular weight excluding hydrogens is 358 g/mol. The Morgan fingerprint density at radius 3 is 2.68 bits per heavy atom. The van der Waals surface area contributed by atoms with Gasteiger partial charge in [-0.3, -0.25) is 4.79 Å². The highest BCUT2D eigenvalue weighted by Gasteiger charge is 2.25. The first kappa shape index (κ1) is 18.2. The normalized spacial score (nSPS) is 15.4. The van der Waals surface area contributed by atoms with Gasteiger partial charge in [-0.25, -0.2) is 4.98 Å². The molecule has 1 aliphatic rings. The van der Waals surface area contributed by atoms with Gasteiger partial charge in [0.25, 0.3) is 5.91 Å². The molecule has 2 heterocycles. The zero-order valence-corrected chi connectivity index (χ0v) is 16.0. The van der Waals surface area contributed by atoms with E-state index in [9.17, 15) is 4.79 Å². The lowest BCUT2D eigenvalue weighted by Crippen LogP contribution is -2.43. The molecule has 1 amide bonds. The van der Waals surface area contributed by atoms with Crippen LogP contribution in [-0.2, 0) is 6.61 Å². The molecule has 3 rings (SSSR count). The molecule has 1 aliphatic heterocycles. The number of halogens is 1. The first-order valence-electron chi connectivity index (χ1n) is 8.38. The molecule has 7 heteroatoms. The van der Waals surface area contributed by atoms with E-state index in [0.29, 0.717) is 17.7 Å². The van der Waals surface area contributed by atoms with Gasteiger partial charge in [-0.15, -0.1) is 11.3 Å². The summed E-state index contributed by atoms with van der Waals surface area (Å²) >= 11 is 7.29. The van der Waals surface area contributed by atoms with Gasteiger partial charge in [0.15, 0.2) is 0 Å². The summed E-state index contributed by atoms with van der Waals surface area (Å²) in [6.07, 6.45) is 1.99. The molecule has 134 valence electrons. The number of piperidine rings is 1. The molecule has 0 bridgehead atoms. The van der Waals surface area contributed by atoms with Crippen molar-refractivity contribution in [2.24, 2.45) is 0 Å². The van der Waals surface area contributed by atoms with Crippen molar-refractivity contribution in [2.75, 3.05) is 20.1 Å². The van der Waals surface area contributed by atoms with Gasteiger partial charge < -0.3 is 15.0 Å². The van der Waals surface area contributed by atoms with Crippen molar-refractivity contribution >= 4 is 28.8 Å². The summed E-state index contributed by atoms with van der Waals surface area (Å²) in [6.45, 7) is 3.81. The standard InChI is InChI=1S/C18H22ClN3O2S/c1-12-17(18(23)22-9-7-14(20-2)8-10-22)25-16(21-12)11-24-15-5-3-13(19)4-6-15/h3-6,14,20H,7-11H2,1-2H3. The van der Waals surface area contributed by atoms with E-state index < -0.39 is 0 Å². The maximum absolute atomic E-state index is 12.8. The summed E-state index contributed by atoms with van der Waals surface area (Å²) in [5.41, 5.74) is 0.778. The quantitative estimate of drug-likeness (QED) is 0.863. The lowest BCUT2D eigenvalue weighted by atomic mass is 10.1. The van der Waals surface area contributed by atoms with Crippen LogP contribution in [0.4, 0.5) is 0 Å². The number of aromatic nitrogens is 1. The molecular formula is C18H22ClN3O2S. The molecule has 0 atom stereocenters. The predicted molar refractivity (Wildman–Crippen MR) is 101 cm³/mol. The fourth-order valence-corrected chi connectivity index (χ4v) is 3.98. The fourth-order valence-electron chi connectivity index (χ4n) is 2.90. The van der Waals surface area contributed by atoms with Gasteiger partial charge in [-0.2, -0.15) is 0 Å². The Morgan fingerprint density at radius 2 is 2.04 bits per heavy atom. The van der Waals surface area contributed by atoms with Crippen molar-refractivity contribution in [1.82, 2.24) is 15.2 Å². The van der Waals surface area contributed by atoms with Gasteiger partial charge in [0, 0.05) is 24.2 Å². The number of hydrogen-bond donors (Lipinski definition) is 1. The molecule has 0 saturated carbocycles. The summed E-state index contributed by atoms with van der Waals surface area (Å²) in [7, 11) is 1.97. The van der Waals surface area contributed by atoms with E-state index in [1.54, 1.807) is 12.1 Å². The largest absolute Gasteiger partial charge is 0.486 e. The number of benzene rings is 1. The van der Waals surface area contributed by atoms with Crippen LogP contribution in [0.3, 0.4) is 0 Å². The minimum atomic E-state index is 0.0855. The third-order valence-electron chi connectivity index (χ3n) is 4.40. The molecule has 5 nitrogen and oxygen atoms in total. The summed E-state index contributed by atoms with van der Waals surface area (Å²) in [4.78, 5) is 19.9. The van der Waals surface area contributed by atoms with Crippen molar-refractivity contribution in [3.63, 3.8) is 0 Å². The first-order valence-corrected chi connectivity index (χ1v) is 9.57. The van der Waals surface area contributed by atoms with Crippen LogP contribution in [-0.4, -0.2) is 42.0 Å². The SMILES string of the molecule is CNC1CCN(C(=O)c2sc(COc3ccc(Cl)cc3)nc2C)CC1. The molecule has 1 aromatic heterocycles. The highest BCUT2D eigenvalue weighted by molar-refractivity contribution is 7.13. The molecule has 25 heavy (non-hydrogen) atoms. The Balaban J connectivity index is 1.61. The Labute approximate surface area is 157 Å². The number of ether oxygens (including phenoxy) is 1. The lowest BCUT2D eigenvalue weighted by molar-refractivity contribution is 0.0711. The average molecular weight is 380 g/mol. The van der Waals surface area contributed by atoms with Crippen LogP contribution in [0.2, 0.25) is 5.02 Å². The number of carbonyl (C=O) groups is 1. The van der Waals surface area contributed by atoms with E-state index >= 15 is 0 Å². The number of thiazole rings is 1. The number of nitrogens with zero attached hydrogens (tertiary/aromatic N) is 2. The van der Waals surface area contributed by atoms with Crippen molar-refractivity contribution in [3.8, 4) is 5.75 Å². The van der Waals surface area contributed by atoms with Crippen molar-refractivity contribution < 1.29 is 9.53 Å². The lowest BCUT2D eigenvalue weighted by Gasteiger charge is -2.31. The van der Waals surface area contributed by atoms with Gasteiger partial charge in [0.05, 0.1) is 5.69 Å². The highest BCUT2D eigenvalue weighted by Crippen LogP contribution is 2.24. The molecule has 0 unspecified atom stereocenters. The Bertz CT molecular complexity index is 724. The number of nitrogens with one attached hydrogen (secondary N) is 1. The van der Waals surface area contributed by atoms with Crippen LogP contribution in [0.1, 0.15) is 33.2 Å². The Morgan fingerprint density at radius 1 is 1.36 bits per heavy atom. The second-order valence-electron chi connectivity index (χ2n) is 6.12. The van der Waals surface area contributed by atoms with E-state index in [4.69, 9.17) is 16.3 Å². The molecule has 0 spiro atoms. The smallest absolute Gasteiger partial charge is 0.265 e. The van der Waals surface area contributed by atoms with Crippen LogP contribution in [0, 0.1) is 6.92 Å². The van der Waals surface area contributed by atoms with E-state index in [0.717, 1.165) is 47.3 Å². The van der Waals surface area contributed by atoms with Crippen LogP contribution in [0.5, 0.6) is 5.75 Å². The highest BCUT2D eigenvalue weighted by atomic mass is 35.5. The molecule has 2 aromatic rings. The summed E-state index contributed by atoms with van der Waals surface area (Å²) in [5.74, 6) is 0.821. The van der Waals surface area contributed by atoms with E-state index in [-0.39, 0.29) is 5.91 Å². The molecule has 1 N–H and O–H groups in total. The van der Waals surface area contributed by atoms with Crippen LogP contribution >= 0.6 is 22.9 Å². The van der Waals surface area contributed by atoms with Crippen molar-refractivity contribution in [3.05, 3.63) is 44.9 Å². The number of rotatable bonds is 5. The monoisotopic (exact) mass is 379 g/mol. The number of hydrogen-bond acceptors (Lipinski definition) is 5. The molecule has 1 aromatic carbocycles. The van der Waals surface area contributed by atoms with Crippen LogP contribution < -0.4 is 10.1 Å². The van der Waals surface area contributed by atoms with Gasteiger partial charge in [0.1, 0.15) is 22.2 Å². The Kier molecular flexibility index (Phi) is 5.93. The zero-order valence-electron chi connectivity index (χ0n) is 14.4. The van der Waals surface area contributed by atoms with Gasteiger partial charge in [0.2, 0.25) is 0 Å². The average Bonchev–Trinajstić information content (AvgIpc) is 3.01. The minimum Gasteiger partial charge on any atom is -0.486 e. The van der Waals surface area contributed by atoms with Gasteiger partial charge in [-0.1, -0.05) is 11.6 Å². The topological polar surface area (TPSA) is 54.5 Å². The van der Waals surface area contributed by atoms with Crippen molar-refractivity contribution in [1.29, 1.82) is 0 Å². The number of amides is 1. The third kappa shape index (κ3) is 4.51. The van der Waals surface area contributed by atoms with Gasteiger partial charge >= 0.3 is 0 Å². The minimum absolute atomic E-state index is 0.0855. The second-order valence-corrected chi connectivity index (χ2v) is 7.64. The second kappa shape index (κ2) is 8.17. The molecule has 1 saturated heterocycles. The number of aryl methyl sites for hydroxylation is 1. The Hall–Kier alpha value is -1.63.